The lowest BCUT2D eigenvalue weighted by Gasteiger charge is -2.28. The van der Waals surface area contributed by atoms with Crippen molar-refractivity contribution in [2.24, 2.45) is 0 Å². The van der Waals surface area contributed by atoms with Crippen LogP contribution in [0.3, 0.4) is 0 Å². The summed E-state index contributed by atoms with van der Waals surface area (Å²) < 4.78 is 0. The average Bonchev–Trinajstić information content (AvgIpc) is 2.97. The Hall–Kier alpha value is -1.39. The van der Waals surface area contributed by atoms with Gasteiger partial charge in [0.2, 0.25) is 0 Å². The number of hydrogen-bond donors (Lipinski definition) is 1. The van der Waals surface area contributed by atoms with Crippen molar-refractivity contribution in [3.63, 3.8) is 0 Å². The molecule has 114 valence electrons. The molecule has 0 aliphatic heterocycles. The van der Waals surface area contributed by atoms with Crippen LogP contribution in [0.25, 0.3) is 0 Å². The van der Waals surface area contributed by atoms with Crippen LogP contribution < -0.4 is 10.2 Å². The highest BCUT2D eigenvalue weighted by Gasteiger charge is 2.15. The van der Waals surface area contributed by atoms with Crippen LogP contribution >= 0.6 is 11.3 Å². The Bertz CT molecular complexity index is 537. The van der Waals surface area contributed by atoms with Crippen molar-refractivity contribution in [1.82, 2.24) is 10.3 Å². The minimum Gasteiger partial charge on any atom is -0.370 e. The van der Waals surface area contributed by atoms with Crippen LogP contribution in [0, 0.1) is 0 Å². The lowest BCUT2D eigenvalue weighted by molar-refractivity contribution is 0.585. The number of nitrogens with one attached hydrogen (secondary N) is 1. The maximum absolute atomic E-state index is 4.31. The van der Waals surface area contributed by atoms with Crippen LogP contribution in [0.5, 0.6) is 0 Å². The Balaban J connectivity index is 2.08. The van der Waals surface area contributed by atoms with E-state index < -0.39 is 0 Å². The van der Waals surface area contributed by atoms with Crippen LogP contribution in [-0.4, -0.2) is 24.1 Å². The van der Waals surface area contributed by atoms with Gasteiger partial charge in [-0.15, -0.1) is 11.3 Å². The van der Waals surface area contributed by atoms with Crippen molar-refractivity contribution in [2.75, 3.05) is 11.9 Å². The van der Waals surface area contributed by atoms with E-state index in [1.807, 2.05) is 23.7 Å². The molecule has 0 spiro atoms. The average molecular weight is 303 g/mol. The molecular formula is C17H25N3S. The van der Waals surface area contributed by atoms with E-state index in [-0.39, 0.29) is 0 Å². The summed E-state index contributed by atoms with van der Waals surface area (Å²) in [6, 6.07) is 7.37. The van der Waals surface area contributed by atoms with Crippen molar-refractivity contribution in [1.29, 1.82) is 0 Å². The third kappa shape index (κ3) is 4.55. The summed E-state index contributed by atoms with van der Waals surface area (Å²) in [5.41, 5.74) is 2.52. The molecule has 2 aromatic rings. The molecule has 1 N–H and O–H groups in total. The fourth-order valence-electron chi connectivity index (χ4n) is 2.29. The Labute approximate surface area is 132 Å². The number of nitrogens with zero attached hydrogens (tertiary/aromatic N) is 2. The van der Waals surface area contributed by atoms with Crippen LogP contribution in [0.1, 0.15) is 31.2 Å². The quantitative estimate of drug-likeness (QED) is 0.845. The molecule has 4 heteroatoms. The normalized spacial score (nSPS) is 12.6. The minimum atomic E-state index is 0.450. The van der Waals surface area contributed by atoms with Crippen LogP contribution in [0.2, 0.25) is 0 Å². The van der Waals surface area contributed by atoms with E-state index >= 15 is 0 Å². The molecule has 1 unspecified atom stereocenters. The first-order valence-corrected chi connectivity index (χ1v) is 8.37. The number of rotatable bonds is 7. The molecule has 0 amide bonds. The van der Waals surface area contributed by atoms with Gasteiger partial charge in [0.05, 0.1) is 11.9 Å². The summed E-state index contributed by atoms with van der Waals surface area (Å²) in [7, 11) is 2.16. The van der Waals surface area contributed by atoms with Gasteiger partial charge in [0.1, 0.15) is 0 Å². The molecular weight excluding hydrogens is 278 g/mol. The Morgan fingerprint density at radius 1 is 1.29 bits per heavy atom. The second kappa shape index (κ2) is 7.57. The van der Waals surface area contributed by atoms with Crippen LogP contribution in [0.15, 0.2) is 36.0 Å². The zero-order valence-corrected chi connectivity index (χ0v) is 14.2. The highest BCUT2D eigenvalue weighted by molar-refractivity contribution is 7.09. The second-order valence-corrected chi connectivity index (χ2v) is 6.82. The highest BCUT2D eigenvalue weighted by atomic mass is 32.1. The van der Waals surface area contributed by atoms with E-state index in [1.165, 1.54) is 16.1 Å². The van der Waals surface area contributed by atoms with E-state index in [0.29, 0.717) is 12.1 Å². The number of aromatic nitrogens is 1. The number of thiophene rings is 1. The number of pyridine rings is 1. The molecule has 0 saturated carbocycles. The van der Waals surface area contributed by atoms with Crippen molar-refractivity contribution in [3.05, 3.63) is 46.4 Å². The fraction of sp³-hybridized carbons (Fsp3) is 0.471. The van der Waals surface area contributed by atoms with Crippen LogP contribution in [0.4, 0.5) is 5.69 Å². The Morgan fingerprint density at radius 2 is 2.10 bits per heavy atom. The smallest absolute Gasteiger partial charge is 0.0598 e. The molecule has 3 nitrogen and oxygen atoms in total. The Kier molecular flexibility index (Phi) is 5.76. The van der Waals surface area contributed by atoms with Crippen LogP contribution in [-0.2, 0) is 13.0 Å². The van der Waals surface area contributed by atoms with E-state index in [0.717, 1.165) is 13.0 Å². The Morgan fingerprint density at radius 3 is 2.76 bits per heavy atom. The lowest BCUT2D eigenvalue weighted by Crippen LogP contribution is -2.32. The summed E-state index contributed by atoms with van der Waals surface area (Å²) in [4.78, 5) is 8.07. The van der Waals surface area contributed by atoms with Gasteiger partial charge >= 0.3 is 0 Å². The number of anilines is 1. The topological polar surface area (TPSA) is 28.2 Å². The zero-order chi connectivity index (χ0) is 15.2. The lowest BCUT2D eigenvalue weighted by atomic mass is 10.1. The predicted molar refractivity (Wildman–Crippen MR) is 92.1 cm³/mol. The summed E-state index contributed by atoms with van der Waals surface area (Å²) in [5, 5.41) is 5.63. The fourth-order valence-corrected chi connectivity index (χ4v) is 3.12. The first-order valence-electron chi connectivity index (χ1n) is 7.49. The summed E-state index contributed by atoms with van der Waals surface area (Å²) >= 11 is 1.83. The van der Waals surface area contributed by atoms with Gasteiger partial charge in [0.15, 0.2) is 0 Å². The van der Waals surface area contributed by atoms with E-state index in [2.05, 4.69) is 66.6 Å². The third-order valence-electron chi connectivity index (χ3n) is 3.71. The monoisotopic (exact) mass is 303 g/mol. The zero-order valence-electron chi connectivity index (χ0n) is 13.3. The first kappa shape index (κ1) is 16.0. The minimum absolute atomic E-state index is 0.450. The van der Waals surface area contributed by atoms with Gasteiger partial charge in [-0.2, -0.15) is 0 Å². The molecule has 1 atom stereocenters. The van der Waals surface area contributed by atoms with Gasteiger partial charge in [-0.3, -0.25) is 4.98 Å². The largest absolute Gasteiger partial charge is 0.370 e. The van der Waals surface area contributed by atoms with Gasteiger partial charge in [0.25, 0.3) is 0 Å². The molecule has 0 aliphatic carbocycles. The number of hydrogen-bond acceptors (Lipinski definition) is 4. The summed E-state index contributed by atoms with van der Waals surface area (Å²) in [6.07, 6.45) is 4.92. The maximum atomic E-state index is 4.31. The van der Waals surface area contributed by atoms with E-state index in [1.54, 1.807) is 0 Å². The van der Waals surface area contributed by atoms with Gasteiger partial charge in [-0.05, 0) is 30.0 Å². The van der Waals surface area contributed by atoms with E-state index in [4.69, 9.17) is 0 Å². The molecule has 0 radical (unpaired) electrons. The van der Waals surface area contributed by atoms with E-state index in [9.17, 15) is 0 Å². The van der Waals surface area contributed by atoms with Gasteiger partial charge < -0.3 is 10.2 Å². The highest BCUT2D eigenvalue weighted by Crippen LogP contribution is 2.22. The first-order chi connectivity index (χ1) is 10.1. The molecule has 0 aliphatic rings. The van der Waals surface area contributed by atoms with Gasteiger partial charge in [-0.1, -0.05) is 19.9 Å². The molecule has 0 saturated heterocycles. The molecule has 0 fully saturated rings. The second-order valence-electron chi connectivity index (χ2n) is 5.78. The van der Waals surface area contributed by atoms with Gasteiger partial charge in [0, 0.05) is 43.2 Å². The van der Waals surface area contributed by atoms with Crippen molar-refractivity contribution in [2.45, 2.75) is 45.8 Å². The van der Waals surface area contributed by atoms with Crippen molar-refractivity contribution in [3.8, 4) is 0 Å². The maximum Gasteiger partial charge on any atom is 0.0598 e. The molecule has 0 bridgehead atoms. The molecule has 2 heterocycles. The predicted octanol–water partition coefficient (Wildman–Crippen LogP) is 3.71. The third-order valence-corrected chi connectivity index (χ3v) is 4.60. The standard InChI is InChI=1S/C17H25N3S/c1-13(2)19-11-15-7-8-18-12-17(15)20(4)14(3)10-16-6-5-9-21-16/h5-9,12-14,19H,10-11H2,1-4H3. The van der Waals surface area contributed by atoms with Crippen molar-refractivity contribution >= 4 is 17.0 Å². The molecule has 21 heavy (non-hydrogen) atoms. The molecule has 0 aromatic carbocycles. The molecule has 2 rings (SSSR count). The summed E-state index contributed by atoms with van der Waals surface area (Å²) in [6.45, 7) is 7.49. The molecule has 2 aromatic heterocycles. The van der Waals surface area contributed by atoms with Crippen molar-refractivity contribution < 1.29 is 0 Å². The van der Waals surface area contributed by atoms with Gasteiger partial charge in [-0.25, -0.2) is 0 Å². The SMILES string of the molecule is CC(C)NCc1ccncc1N(C)C(C)Cc1cccs1. The number of likely N-dealkylation sites (N-methyl/N-ethyl adjacent to an activating group) is 1. The summed E-state index contributed by atoms with van der Waals surface area (Å²) in [5.74, 6) is 0.